The van der Waals surface area contributed by atoms with Crippen LogP contribution in [-0.4, -0.2) is 9.55 Å². The van der Waals surface area contributed by atoms with Gasteiger partial charge in [-0.15, -0.1) is 0 Å². The summed E-state index contributed by atoms with van der Waals surface area (Å²) in [6.07, 6.45) is 0. The number of aromatic nitrogens is 2. The molecule has 9 rings (SSSR count). The second-order valence-corrected chi connectivity index (χ2v) is 10.7. The van der Waals surface area contributed by atoms with E-state index in [4.69, 9.17) is 9.72 Å². The molecule has 41 heavy (non-hydrogen) atoms. The van der Waals surface area contributed by atoms with Crippen molar-refractivity contribution in [2.45, 2.75) is 5.41 Å². The normalized spacial score (nSPS) is 13.8. The molecule has 0 N–H and O–H groups in total. The van der Waals surface area contributed by atoms with Crippen molar-refractivity contribution < 1.29 is 4.74 Å². The first-order valence-electron chi connectivity index (χ1n) is 14.0. The Morgan fingerprint density at radius 3 is 1.85 bits per heavy atom. The molecule has 192 valence electrons. The predicted molar refractivity (Wildman–Crippen MR) is 164 cm³/mol. The molecule has 0 fully saturated rings. The molecule has 0 radical (unpaired) electrons. The van der Waals surface area contributed by atoms with E-state index in [0.29, 0.717) is 0 Å². The molecule has 0 saturated heterocycles. The molecule has 1 aliphatic carbocycles. The highest BCUT2D eigenvalue weighted by Gasteiger charge is 2.51. The third-order valence-corrected chi connectivity index (χ3v) is 8.69. The summed E-state index contributed by atoms with van der Waals surface area (Å²) >= 11 is 0. The molecule has 0 atom stereocenters. The van der Waals surface area contributed by atoms with Gasteiger partial charge in [0, 0.05) is 16.8 Å². The molecule has 1 aromatic heterocycles. The lowest BCUT2D eigenvalue weighted by Crippen LogP contribution is -2.32. The molecule has 2 heterocycles. The number of benzene rings is 6. The van der Waals surface area contributed by atoms with Crippen LogP contribution < -0.4 is 4.74 Å². The molecular weight excluding hydrogens is 500 g/mol. The maximum atomic E-state index is 6.91. The van der Waals surface area contributed by atoms with Gasteiger partial charge in [0.15, 0.2) is 0 Å². The Bertz CT molecular complexity index is 2090. The Kier molecular flexibility index (Phi) is 4.53. The molecule has 3 heteroatoms. The zero-order valence-corrected chi connectivity index (χ0v) is 22.2. The van der Waals surface area contributed by atoms with Crippen molar-refractivity contribution in [3.8, 4) is 39.7 Å². The number of rotatable bonds is 2. The third-order valence-electron chi connectivity index (χ3n) is 8.69. The van der Waals surface area contributed by atoms with Crippen LogP contribution >= 0.6 is 0 Å². The van der Waals surface area contributed by atoms with Gasteiger partial charge in [-0.3, -0.25) is 4.57 Å². The van der Waals surface area contributed by atoms with Gasteiger partial charge >= 0.3 is 0 Å². The zero-order valence-electron chi connectivity index (χ0n) is 22.2. The van der Waals surface area contributed by atoms with E-state index in [1.165, 1.54) is 27.8 Å². The van der Waals surface area contributed by atoms with Gasteiger partial charge in [0.25, 0.3) is 0 Å². The number of para-hydroxylation sites is 5. The molecule has 1 aliphatic heterocycles. The fraction of sp³-hybridized carbons (Fsp3) is 0.0263. The molecule has 2 aliphatic rings. The van der Waals surface area contributed by atoms with Gasteiger partial charge in [-0.25, -0.2) is 4.98 Å². The maximum absolute atomic E-state index is 6.91. The first-order valence-corrected chi connectivity index (χ1v) is 14.0. The van der Waals surface area contributed by atoms with E-state index < -0.39 is 5.41 Å². The summed E-state index contributed by atoms with van der Waals surface area (Å²) in [5.41, 5.74) is 11.0. The summed E-state index contributed by atoms with van der Waals surface area (Å²) in [6.45, 7) is 0. The Balaban J connectivity index is 1.41. The van der Waals surface area contributed by atoms with Gasteiger partial charge < -0.3 is 4.74 Å². The van der Waals surface area contributed by atoms with E-state index in [0.717, 1.165) is 45.2 Å². The standard InChI is InChI=1S/C38H24N2O/c1-2-13-25(14-3-1)40-34-23-10-9-22-33(34)39-37(40)28-17-12-21-32-36(28)41-35-24-11-8-20-31(35)38(32)29-18-6-4-15-26(29)27-16-5-7-19-30(27)38/h1-24H. The van der Waals surface area contributed by atoms with Crippen LogP contribution in [0.1, 0.15) is 22.3 Å². The summed E-state index contributed by atoms with van der Waals surface area (Å²) < 4.78 is 9.16. The van der Waals surface area contributed by atoms with E-state index in [9.17, 15) is 0 Å². The van der Waals surface area contributed by atoms with E-state index in [2.05, 4.69) is 138 Å². The topological polar surface area (TPSA) is 27.1 Å². The van der Waals surface area contributed by atoms with Crippen LogP contribution in [0.15, 0.2) is 146 Å². The van der Waals surface area contributed by atoms with Crippen molar-refractivity contribution in [1.29, 1.82) is 0 Å². The smallest absolute Gasteiger partial charge is 0.149 e. The van der Waals surface area contributed by atoms with Crippen molar-refractivity contribution in [3.63, 3.8) is 0 Å². The summed E-state index contributed by atoms with van der Waals surface area (Å²) in [5.74, 6) is 2.59. The predicted octanol–water partition coefficient (Wildman–Crippen LogP) is 9.16. The molecule has 0 unspecified atom stereocenters. The number of nitrogens with zero attached hydrogens (tertiary/aromatic N) is 2. The molecule has 6 aromatic carbocycles. The largest absolute Gasteiger partial charge is 0.456 e. The van der Waals surface area contributed by atoms with Gasteiger partial charge in [0.05, 0.1) is 22.0 Å². The summed E-state index contributed by atoms with van der Waals surface area (Å²) in [4.78, 5) is 5.21. The van der Waals surface area contributed by atoms with Crippen LogP contribution in [0.25, 0.3) is 39.2 Å². The Hall–Kier alpha value is -5.41. The highest BCUT2D eigenvalue weighted by molar-refractivity contribution is 5.91. The lowest BCUT2D eigenvalue weighted by molar-refractivity contribution is 0.437. The molecular formula is C38H24N2O. The third kappa shape index (κ3) is 2.90. The summed E-state index contributed by atoms with van der Waals surface area (Å²) in [7, 11) is 0. The maximum Gasteiger partial charge on any atom is 0.149 e. The molecule has 3 nitrogen and oxygen atoms in total. The van der Waals surface area contributed by atoms with Crippen LogP contribution in [0.2, 0.25) is 0 Å². The van der Waals surface area contributed by atoms with Crippen molar-refractivity contribution in [2.75, 3.05) is 0 Å². The van der Waals surface area contributed by atoms with Crippen molar-refractivity contribution in [3.05, 3.63) is 168 Å². The van der Waals surface area contributed by atoms with Crippen LogP contribution in [0.5, 0.6) is 11.5 Å². The lowest BCUT2D eigenvalue weighted by Gasteiger charge is -2.40. The molecule has 0 bridgehead atoms. The van der Waals surface area contributed by atoms with Crippen LogP contribution in [0.3, 0.4) is 0 Å². The molecule has 7 aromatic rings. The number of imidazole rings is 1. The number of ether oxygens (including phenoxy) is 1. The highest BCUT2D eigenvalue weighted by Crippen LogP contribution is 2.63. The van der Waals surface area contributed by atoms with E-state index >= 15 is 0 Å². The van der Waals surface area contributed by atoms with Crippen LogP contribution in [0, 0.1) is 0 Å². The van der Waals surface area contributed by atoms with Crippen LogP contribution in [-0.2, 0) is 5.41 Å². The zero-order chi connectivity index (χ0) is 27.0. The first-order chi connectivity index (χ1) is 20.4. The quantitative estimate of drug-likeness (QED) is 0.225. The van der Waals surface area contributed by atoms with Crippen molar-refractivity contribution in [2.24, 2.45) is 0 Å². The fourth-order valence-electron chi connectivity index (χ4n) is 7.10. The van der Waals surface area contributed by atoms with Gasteiger partial charge in [-0.2, -0.15) is 0 Å². The van der Waals surface area contributed by atoms with Crippen molar-refractivity contribution in [1.82, 2.24) is 9.55 Å². The van der Waals surface area contributed by atoms with E-state index in [-0.39, 0.29) is 0 Å². The van der Waals surface area contributed by atoms with Gasteiger partial charge in [-0.05, 0) is 58.7 Å². The lowest BCUT2D eigenvalue weighted by atomic mass is 9.66. The Labute approximate surface area is 238 Å². The highest BCUT2D eigenvalue weighted by atomic mass is 16.5. The average molecular weight is 525 g/mol. The summed E-state index contributed by atoms with van der Waals surface area (Å²) in [5, 5.41) is 0. The first kappa shape index (κ1) is 22.4. The Morgan fingerprint density at radius 1 is 0.488 bits per heavy atom. The second-order valence-electron chi connectivity index (χ2n) is 10.7. The van der Waals surface area contributed by atoms with Crippen LogP contribution in [0.4, 0.5) is 0 Å². The number of hydrogen-bond donors (Lipinski definition) is 0. The molecule has 1 spiro atoms. The average Bonchev–Trinajstić information content (AvgIpc) is 3.56. The van der Waals surface area contributed by atoms with E-state index in [1.54, 1.807) is 0 Å². The Morgan fingerprint density at radius 2 is 1.07 bits per heavy atom. The second kappa shape index (κ2) is 8.30. The van der Waals surface area contributed by atoms with Crippen molar-refractivity contribution >= 4 is 11.0 Å². The van der Waals surface area contributed by atoms with Gasteiger partial charge in [-0.1, -0.05) is 109 Å². The number of hydrogen-bond acceptors (Lipinski definition) is 2. The minimum absolute atomic E-state index is 0.503. The number of fused-ring (bicyclic) bond motifs is 10. The minimum atomic E-state index is -0.503. The summed E-state index contributed by atoms with van der Waals surface area (Å²) in [6, 6.07) is 51.5. The molecule has 0 saturated carbocycles. The SMILES string of the molecule is c1ccc(-n2c(-c3cccc4c3Oc3ccccc3C43c4ccccc4-c4ccccc43)nc3ccccc32)cc1. The van der Waals surface area contributed by atoms with Gasteiger partial charge in [0.1, 0.15) is 17.3 Å². The molecule has 0 amide bonds. The fourth-order valence-corrected chi connectivity index (χ4v) is 7.10. The van der Waals surface area contributed by atoms with E-state index in [1.807, 2.05) is 12.1 Å². The minimum Gasteiger partial charge on any atom is -0.456 e. The monoisotopic (exact) mass is 524 g/mol. The van der Waals surface area contributed by atoms with Gasteiger partial charge in [0.2, 0.25) is 0 Å².